The Morgan fingerprint density at radius 2 is 2.05 bits per heavy atom. The van der Waals surface area contributed by atoms with E-state index in [0.29, 0.717) is 5.52 Å². The van der Waals surface area contributed by atoms with Gasteiger partial charge in [0.2, 0.25) is 5.88 Å². The molecule has 0 atom stereocenters. The molecule has 0 spiro atoms. The normalized spacial score (nSPS) is 12.6. The van der Waals surface area contributed by atoms with Gasteiger partial charge in [0.15, 0.2) is 0 Å². The van der Waals surface area contributed by atoms with E-state index in [4.69, 9.17) is 11.6 Å². The summed E-state index contributed by atoms with van der Waals surface area (Å²) < 4.78 is 63.4. The van der Waals surface area contributed by atoms with Gasteiger partial charge in [0, 0.05) is 11.8 Å². The first-order chi connectivity index (χ1) is 9.65. The van der Waals surface area contributed by atoms with Crippen molar-refractivity contribution in [1.82, 2.24) is 9.97 Å². The molecule has 0 aromatic carbocycles. The first kappa shape index (κ1) is 15.8. The number of alkyl halides is 3. The van der Waals surface area contributed by atoms with Gasteiger partial charge in [-0.2, -0.15) is 21.6 Å². The molecule has 0 fully saturated rings. The van der Waals surface area contributed by atoms with Gasteiger partial charge in [-0.05, 0) is 18.6 Å². The zero-order valence-electron chi connectivity index (χ0n) is 10.5. The highest BCUT2D eigenvalue weighted by Crippen LogP contribution is 2.31. The van der Waals surface area contributed by atoms with Crippen LogP contribution in [0.1, 0.15) is 12.5 Å². The second-order valence-electron chi connectivity index (χ2n) is 3.95. The van der Waals surface area contributed by atoms with Gasteiger partial charge in [-0.1, -0.05) is 18.5 Å². The number of nitrogens with zero attached hydrogens (tertiary/aromatic N) is 2. The molecule has 10 heteroatoms. The molecule has 114 valence electrons. The number of pyridine rings is 2. The summed E-state index contributed by atoms with van der Waals surface area (Å²) in [7, 11) is -5.79. The van der Waals surface area contributed by atoms with Crippen LogP contribution < -0.4 is 4.18 Å². The summed E-state index contributed by atoms with van der Waals surface area (Å²) in [5.41, 5.74) is -4.97. The molecule has 2 heterocycles. The van der Waals surface area contributed by atoms with Crippen molar-refractivity contribution in [3.8, 4) is 5.88 Å². The molecule has 0 N–H and O–H groups in total. The van der Waals surface area contributed by atoms with E-state index in [0.717, 1.165) is 0 Å². The van der Waals surface area contributed by atoms with Crippen molar-refractivity contribution in [2.45, 2.75) is 18.9 Å². The summed E-state index contributed by atoms with van der Waals surface area (Å²) in [4.78, 5) is 7.71. The van der Waals surface area contributed by atoms with Crippen molar-refractivity contribution in [2.24, 2.45) is 0 Å². The van der Waals surface area contributed by atoms with Crippen LogP contribution in [0.3, 0.4) is 0 Å². The highest BCUT2D eigenvalue weighted by Gasteiger charge is 2.49. The lowest BCUT2D eigenvalue weighted by Gasteiger charge is -2.12. The predicted molar refractivity (Wildman–Crippen MR) is 69.5 cm³/mol. The Morgan fingerprint density at radius 1 is 1.38 bits per heavy atom. The molecule has 2 aromatic rings. The summed E-state index contributed by atoms with van der Waals surface area (Å²) in [6, 6.07) is 2.76. The monoisotopic (exact) mass is 340 g/mol. The van der Waals surface area contributed by atoms with Crippen LogP contribution in [0.4, 0.5) is 13.2 Å². The van der Waals surface area contributed by atoms with E-state index in [1.807, 2.05) is 0 Å². The highest BCUT2D eigenvalue weighted by molar-refractivity contribution is 7.87. The van der Waals surface area contributed by atoms with Crippen LogP contribution in [-0.4, -0.2) is 23.9 Å². The minimum Gasteiger partial charge on any atom is -0.355 e. The quantitative estimate of drug-likeness (QED) is 0.634. The van der Waals surface area contributed by atoms with Crippen molar-refractivity contribution in [2.75, 3.05) is 0 Å². The van der Waals surface area contributed by atoms with Crippen LogP contribution in [0.2, 0.25) is 5.02 Å². The Bertz CT molecular complexity index is 793. The van der Waals surface area contributed by atoms with E-state index in [1.165, 1.54) is 18.3 Å². The molecule has 0 aliphatic carbocycles. The van der Waals surface area contributed by atoms with Crippen LogP contribution in [-0.2, 0) is 16.5 Å². The van der Waals surface area contributed by atoms with Crippen LogP contribution in [0.25, 0.3) is 11.0 Å². The number of hydrogen-bond acceptors (Lipinski definition) is 5. The Balaban J connectivity index is 2.61. The fourth-order valence-corrected chi connectivity index (χ4v) is 2.18. The van der Waals surface area contributed by atoms with E-state index in [1.54, 1.807) is 6.92 Å². The maximum atomic E-state index is 12.4. The highest BCUT2D eigenvalue weighted by atomic mass is 35.5. The average Bonchev–Trinajstić information content (AvgIpc) is 2.37. The number of rotatable bonds is 3. The largest absolute Gasteiger partial charge is 0.534 e. The van der Waals surface area contributed by atoms with E-state index in [-0.39, 0.29) is 22.5 Å². The van der Waals surface area contributed by atoms with Gasteiger partial charge < -0.3 is 4.18 Å². The summed E-state index contributed by atoms with van der Waals surface area (Å²) in [5, 5.41) is 0.122. The Morgan fingerprint density at radius 3 is 2.62 bits per heavy atom. The lowest BCUT2D eigenvalue weighted by atomic mass is 10.2. The standard InChI is InChI=1S/C11H8ClF3N2O3S/c1-2-6-5-8-9(7(12)3-4-16-8)17-10(6)20-21(18,19)11(13,14)15/h3-5H,2H2,1H3. The van der Waals surface area contributed by atoms with E-state index in [2.05, 4.69) is 14.2 Å². The number of halogens is 4. The minimum absolute atomic E-state index is 0.0590. The smallest absolute Gasteiger partial charge is 0.355 e. The maximum Gasteiger partial charge on any atom is 0.534 e. The van der Waals surface area contributed by atoms with Gasteiger partial charge in [0.25, 0.3) is 0 Å². The molecule has 0 aliphatic heterocycles. The Kier molecular flexibility index (Phi) is 3.98. The van der Waals surface area contributed by atoms with Crippen molar-refractivity contribution >= 4 is 32.8 Å². The van der Waals surface area contributed by atoms with E-state index >= 15 is 0 Å². The second kappa shape index (κ2) is 5.30. The van der Waals surface area contributed by atoms with E-state index in [9.17, 15) is 21.6 Å². The second-order valence-corrected chi connectivity index (χ2v) is 5.89. The van der Waals surface area contributed by atoms with Crippen molar-refractivity contribution in [3.05, 3.63) is 28.9 Å². The zero-order valence-corrected chi connectivity index (χ0v) is 12.1. The molecule has 0 saturated heterocycles. The third-order valence-corrected chi connectivity index (χ3v) is 3.80. The summed E-state index contributed by atoms with van der Waals surface area (Å²) in [6.07, 6.45) is 1.61. The van der Waals surface area contributed by atoms with Crippen LogP contribution in [0.15, 0.2) is 18.3 Å². The van der Waals surface area contributed by atoms with Crippen LogP contribution >= 0.6 is 11.6 Å². The molecule has 5 nitrogen and oxygen atoms in total. The molecule has 0 unspecified atom stereocenters. The van der Waals surface area contributed by atoms with Gasteiger partial charge in [0.05, 0.1) is 10.5 Å². The molecule has 2 aromatic heterocycles. The molecule has 0 saturated carbocycles. The Hall–Kier alpha value is -1.61. The van der Waals surface area contributed by atoms with Crippen molar-refractivity contribution in [3.63, 3.8) is 0 Å². The molecular formula is C11H8ClF3N2O3S. The van der Waals surface area contributed by atoms with Crippen LogP contribution in [0.5, 0.6) is 5.88 Å². The lowest BCUT2D eigenvalue weighted by molar-refractivity contribution is -0.0501. The first-order valence-electron chi connectivity index (χ1n) is 5.60. The molecular weight excluding hydrogens is 333 g/mol. The number of aryl methyl sites for hydroxylation is 1. The first-order valence-corrected chi connectivity index (χ1v) is 7.39. The molecule has 0 radical (unpaired) electrons. The fraction of sp³-hybridized carbons (Fsp3) is 0.273. The molecule has 0 aliphatic rings. The topological polar surface area (TPSA) is 69.2 Å². The Labute approximate surface area is 122 Å². The molecule has 0 bridgehead atoms. The van der Waals surface area contributed by atoms with Gasteiger partial charge >= 0.3 is 15.6 Å². The predicted octanol–water partition coefficient (Wildman–Crippen LogP) is 3.07. The van der Waals surface area contributed by atoms with Gasteiger partial charge in [0.1, 0.15) is 5.52 Å². The molecule has 21 heavy (non-hydrogen) atoms. The van der Waals surface area contributed by atoms with Crippen LogP contribution in [0, 0.1) is 0 Å². The van der Waals surface area contributed by atoms with E-state index < -0.39 is 21.5 Å². The average molecular weight is 341 g/mol. The van der Waals surface area contributed by atoms with Crippen molar-refractivity contribution < 1.29 is 25.8 Å². The molecule has 0 amide bonds. The van der Waals surface area contributed by atoms with Gasteiger partial charge in [-0.25, -0.2) is 4.98 Å². The maximum absolute atomic E-state index is 12.4. The van der Waals surface area contributed by atoms with Gasteiger partial charge in [-0.3, -0.25) is 4.98 Å². The van der Waals surface area contributed by atoms with Crippen molar-refractivity contribution in [1.29, 1.82) is 0 Å². The third-order valence-electron chi connectivity index (χ3n) is 2.56. The number of fused-ring (bicyclic) bond motifs is 1. The SMILES string of the molecule is CCc1cc2nccc(Cl)c2nc1OS(=O)(=O)C(F)(F)F. The zero-order chi connectivity index (χ0) is 15.8. The number of aromatic nitrogens is 2. The summed E-state index contributed by atoms with van der Waals surface area (Å²) in [5.74, 6) is -0.655. The lowest BCUT2D eigenvalue weighted by Crippen LogP contribution is -2.28. The summed E-state index contributed by atoms with van der Waals surface area (Å²) >= 11 is 5.86. The molecule has 2 rings (SSSR count). The number of hydrogen-bond donors (Lipinski definition) is 0. The fourth-order valence-electron chi connectivity index (χ4n) is 1.54. The minimum atomic E-state index is -5.79. The van der Waals surface area contributed by atoms with Gasteiger partial charge in [-0.15, -0.1) is 0 Å². The third kappa shape index (κ3) is 3.03. The summed E-state index contributed by atoms with van der Waals surface area (Å²) in [6.45, 7) is 1.61.